The largest absolute Gasteiger partial charge is 0.484 e. The number of amides is 1. The smallest absolute Gasteiger partial charge is 0.273 e. The molecule has 124 valence electrons. The second-order valence-electron chi connectivity index (χ2n) is 5.74. The number of fused-ring (bicyclic) bond motifs is 1. The maximum Gasteiger partial charge on any atom is 0.273 e. The van der Waals surface area contributed by atoms with Gasteiger partial charge in [-0.15, -0.1) is 0 Å². The van der Waals surface area contributed by atoms with E-state index in [1.54, 1.807) is 6.07 Å². The van der Waals surface area contributed by atoms with E-state index >= 15 is 0 Å². The average Bonchev–Trinajstić information content (AvgIpc) is 2.60. The molecule has 0 bridgehead atoms. The van der Waals surface area contributed by atoms with Crippen molar-refractivity contribution in [2.75, 3.05) is 11.9 Å². The van der Waals surface area contributed by atoms with Crippen molar-refractivity contribution in [2.24, 2.45) is 0 Å². The number of hydrogen-bond acceptors (Lipinski definition) is 4. The first-order valence-corrected chi connectivity index (χ1v) is 7.91. The Bertz CT molecular complexity index is 773. The first kappa shape index (κ1) is 16.0. The van der Waals surface area contributed by atoms with Crippen LogP contribution in [0.1, 0.15) is 24.0 Å². The van der Waals surface area contributed by atoms with Crippen molar-refractivity contribution in [3.63, 3.8) is 0 Å². The predicted molar refractivity (Wildman–Crippen MR) is 90.3 cm³/mol. The lowest BCUT2D eigenvalue weighted by molar-refractivity contribution is -0.384. The molecule has 24 heavy (non-hydrogen) atoms. The van der Waals surface area contributed by atoms with Gasteiger partial charge < -0.3 is 10.1 Å². The van der Waals surface area contributed by atoms with Gasteiger partial charge in [-0.3, -0.25) is 14.9 Å². The summed E-state index contributed by atoms with van der Waals surface area (Å²) in [4.78, 5) is 22.4. The molecule has 0 saturated carbocycles. The molecule has 1 aliphatic rings. The first-order chi connectivity index (χ1) is 11.6. The minimum Gasteiger partial charge on any atom is -0.484 e. The van der Waals surface area contributed by atoms with E-state index in [0.717, 1.165) is 24.9 Å². The number of rotatable bonds is 5. The topological polar surface area (TPSA) is 81.5 Å². The monoisotopic (exact) mass is 326 g/mol. The van der Waals surface area contributed by atoms with Gasteiger partial charge in [-0.2, -0.15) is 0 Å². The van der Waals surface area contributed by atoms with Crippen LogP contribution in [0.2, 0.25) is 0 Å². The number of non-ortho nitro benzene ring substituents is 1. The van der Waals surface area contributed by atoms with Gasteiger partial charge in [0.05, 0.1) is 11.0 Å². The van der Waals surface area contributed by atoms with E-state index < -0.39 is 4.92 Å². The standard InChI is InChI=1S/C18H18N2O4/c21-18(12-24-15-8-4-7-14(11-15)20(22)23)19-17-10-3-6-13-5-1-2-9-16(13)17/h3-4,6-8,10-11H,1-2,5,9,12H2,(H,19,21). The van der Waals surface area contributed by atoms with Crippen LogP contribution >= 0.6 is 0 Å². The summed E-state index contributed by atoms with van der Waals surface area (Å²) < 4.78 is 5.36. The second kappa shape index (κ2) is 7.12. The molecule has 0 saturated heterocycles. The number of nitro groups is 1. The van der Waals surface area contributed by atoms with Crippen LogP contribution in [0.15, 0.2) is 42.5 Å². The molecule has 0 heterocycles. The molecule has 1 aliphatic carbocycles. The van der Waals surface area contributed by atoms with E-state index in [0.29, 0.717) is 5.75 Å². The summed E-state index contributed by atoms with van der Waals surface area (Å²) in [5.41, 5.74) is 3.26. The van der Waals surface area contributed by atoms with Crippen molar-refractivity contribution in [3.05, 3.63) is 63.7 Å². The molecule has 0 radical (unpaired) electrons. The van der Waals surface area contributed by atoms with Crippen LogP contribution in [0.3, 0.4) is 0 Å². The van der Waals surface area contributed by atoms with Crippen LogP contribution in [0.5, 0.6) is 5.75 Å². The van der Waals surface area contributed by atoms with Gasteiger partial charge >= 0.3 is 0 Å². The summed E-state index contributed by atoms with van der Waals surface area (Å²) in [5.74, 6) is 0.0231. The quantitative estimate of drug-likeness (QED) is 0.673. The van der Waals surface area contributed by atoms with Gasteiger partial charge in [-0.05, 0) is 48.9 Å². The molecule has 2 aromatic rings. The van der Waals surface area contributed by atoms with Crippen LogP contribution in [0.4, 0.5) is 11.4 Å². The van der Waals surface area contributed by atoms with E-state index in [2.05, 4.69) is 11.4 Å². The molecule has 1 N–H and O–H groups in total. The second-order valence-corrected chi connectivity index (χ2v) is 5.74. The average molecular weight is 326 g/mol. The summed E-state index contributed by atoms with van der Waals surface area (Å²) in [6.07, 6.45) is 4.32. The van der Waals surface area contributed by atoms with E-state index in [4.69, 9.17) is 4.74 Å². The van der Waals surface area contributed by atoms with Crippen LogP contribution < -0.4 is 10.1 Å². The number of carbonyl (C=O) groups is 1. The SMILES string of the molecule is O=C(COc1cccc([N+](=O)[O-])c1)Nc1cccc2c1CCCC2. The third-order valence-corrected chi connectivity index (χ3v) is 4.07. The van der Waals surface area contributed by atoms with Gasteiger partial charge in [0.25, 0.3) is 11.6 Å². The third kappa shape index (κ3) is 3.71. The number of benzene rings is 2. The maximum atomic E-state index is 12.1. The van der Waals surface area contributed by atoms with E-state index in [-0.39, 0.29) is 18.2 Å². The molecule has 0 fully saturated rings. The lowest BCUT2D eigenvalue weighted by Gasteiger charge is -2.19. The molecule has 2 aromatic carbocycles. The number of anilines is 1. The highest BCUT2D eigenvalue weighted by Gasteiger charge is 2.15. The van der Waals surface area contributed by atoms with Crippen molar-refractivity contribution in [1.29, 1.82) is 0 Å². The third-order valence-electron chi connectivity index (χ3n) is 4.07. The Morgan fingerprint density at radius 1 is 1.17 bits per heavy atom. The molecular formula is C18H18N2O4. The number of nitro benzene ring substituents is 1. The highest BCUT2D eigenvalue weighted by atomic mass is 16.6. The zero-order valence-electron chi connectivity index (χ0n) is 13.2. The Morgan fingerprint density at radius 2 is 1.96 bits per heavy atom. The van der Waals surface area contributed by atoms with Gasteiger partial charge in [0.1, 0.15) is 5.75 Å². The molecule has 6 heteroatoms. The van der Waals surface area contributed by atoms with Crippen molar-refractivity contribution >= 4 is 17.3 Å². The molecular weight excluding hydrogens is 308 g/mol. The highest BCUT2D eigenvalue weighted by molar-refractivity contribution is 5.92. The van der Waals surface area contributed by atoms with Crippen LogP contribution in [-0.4, -0.2) is 17.4 Å². The van der Waals surface area contributed by atoms with Gasteiger partial charge in [-0.1, -0.05) is 18.2 Å². The zero-order chi connectivity index (χ0) is 16.9. The summed E-state index contributed by atoms with van der Waals surface area (Å²) >= 11 is 0. The summed E-state index contributed by atoms with van der Waals surface area (Å²) in [5, 5.41) is 13.6. The fraction of sp³-hybridized carbons (Fsp3) is 0.278. The van der Waals surface area contributed by atoms with Crippen molar-refractivity contribution in [1.82, 2.24) is 0 Å². The predicted octanol–water partition coefficient (Wildman–Crippen LogP) is 3.49. The lowest BCUT2D eigenvalue weighted by Crippen LogP contribution is -2.21. The van der Waals surface area contributed by atoms with E-state index in [9.17, 15) is 14.9 Å². The number of nitrogens with zero attached hydrogens (tertiary/aromatic N) is 1. The molecule has 0 unspecified atom stereocenters. The molecule has 3 rings (SSSR count). The summed E-state index contributed by atoms with van der Waals surface area (Å²) in [6.45, 7) is -0.190. The first-order valence-electron chi connectivity index (χ1n) is 7.91. The van der Waals surface area contributed by atoms with Crippen LogP contribution in [-0.2, 0) is 17.6 Å². The van der Waals surface area contributed by atoms with Crippen LogP contribution in [0, 0.1) is 10.1 Å². The van der Waals surface area contributed by atoms with Crippen LogP contribution in [0.25, 0.3) is 0 Å². The Kier molecular flexibility index (Phi) is 4.74. The summed E-state index contributed by atoms with van der Waals surface area (Å²) in [7, 11) is 0. The van der Waals surface area contributed by atoms with E-state index in [1.807, 2.05) is 12.1 Å². The molecule has 1 amide bonds. The van der Waals surface area contributed by atoms with Gasteiger partial charge in [0, 0.05) is 11.8 Å². The minimum atomic E-state index is -0.497. The number of ether oxygens (including phenoxy) is 1. The zero-order valence-corrected chi connectivity index (χ0v) is 13.2. The van der Waals surface area contributed by atoms with Crippen molar-refractivity contribution in [3.8, 4) is 5.75 Å². The lowest BCUT2D eigenvalue weighted by atomic mass is 9.90. The Balaban J connectivity index is 1.62. The van der Waals surface area contributed by atoms with Crippen molar-refractivity contribution < 1.29 is 14.5 Å². The van der Waals surface area contributed by atoms with E-state index in [1.165, 1.54) is 35.7 Å². The normalized spacial score (nSPS) is 13.0. The van der Waals surface area contributed by atoms with Crippen molar-refractivity contribution in [2.45, 2.75) is 25.7 Å². The Labute approximate surface area is 139 Å². The molecule has 0 spiro atoms. The van der Waals surface area contributed by atoms with Gasteiger partial charge in [0.2, 0.25) is 0 Å². The minimum absolute atomic E-state index is 0.0648. The molecule has 0 aliphatic heterocycles. The Morgan fingerprint density at radius 3 is 2.79 bits per heavy atom. The fourth-order valence-corrected chi connectivity index (χ4v) is 2.92. The molecule has 6 nitrogen and oxygen atoms in total. The number of nitrogens with one attached hydrogen (secondary N) is 1. The van der Waals surface area contributed by atoms with Gasteiger partial charge in [-0.25, -0.2) is 0 Å². The maximum absolute atomic E-state index is 12.1. The fourth-order valence-electron chi connectivity index (χ4n) is 2.92. The molecule has 0 atom stereocenters. The number of aryl methyl sites for hydroxylation is 1. The summed E-state index contributed by atoms with van der Waals surface area (Å²) in [6, 6.07) is 11.7. The number of carbonyl (C=O) groups excluding carboxylic acids is 1. The Hall–Kier alpha value is -2.89. The molecule has 0 aromatic heterocycles. The highest BCUT2D eigenvalue weighted by Crippen LogP contribution is 2.27. The number of hydrogen-bond donors (Lipinski definition) is 1. The van der Waals surface area contributed by atoms with Gasteiger partial charge in [0.15, 0.2) is 6.61 Å².